The van der Waals surface area contributed by atoms with E-state index in [0.29, 0.717) is 5.54 Å². The lowest BCUT2D eigenvalue weighted by Gasteiger charge is -2.25. The van der Waals surface area contributed by atoms with E-state index >= 15 is 0 Å². The fourth-order valence-electron chi connectivity index (χ4n) is 2.75. The van der Waals surface area contributed by atoms with Crippen LogP contribution in [-0.2, 0) is 6.42 Å². The van der Waals surface area contributed by atoms with E-state index in [9.17, 15) is 0 Å². The molecule has 1 aliphatic carbocycles. The number of piperazine rings is 1. The Labute approximate surface area is 91.1 Å². The Morgan fingerprint density at radius 2 is 2.07 bits per heavy atom. The fraction of sp³-hybridized carbons (Fsp3) is 0.538. The minimum absolute atomic E-state index is 0.439. The average Bonchev–Trinajstić information content (AvgIpc) is 2.93. The highest BCUT2D eigenvalue weighted by Crippen LogP contribution is 2.45. The second-order valence-electron chi connectivity index (χ2n) is 4.85. The van der Waals surface area contributed by atoms with Crippen molar-refractivity contribution in [3.05, 3.63) is 35.9 Å². The number of hydrogen-bond acceptors (Lipinski definition) is 2. The maximum absolute atomic E-state index is 3.68. The van der Waals surface area contributed by atoms with Gasteiger partial charge in [0.15, 0.2) is 0 Å². The number of rotatable bonds is 2. The van der Waals surface area contributed by atoms with Gasteiger partial charge in [-0.25, -0.2) is 0 Å². The van der Waals surface area contributed by atoms with Crippen molar-refractivity contribution in [3.8, 4) is 0 Å². The smallest absolute Gasteiger partial charge is 0.0342 e. The zero-order chi connectivity index (χ0) is 10.1. The molecule has 1 saturated carbocycles. The van der Waals surface area contributed by atoms with Gasteiger partial charge in [0.2, 0.25) is 0 Å². The van der Waals surface area contributed by atoms with Crippen molar-refractivity contribution in [2.75, 3.05) is 19.6 Å². The Morgan fingerprint density at radius 1 is 1.20 bits per heavy atom. The van der Waals surface area contributed by atoms with Crippen LogP contribution in [0.2, 0.25) is 0 Å². The van der Waals surface area contributed by atoms with E-state index in [-0.39, 0.29) is 0 Å². The summed E-state index contributed by atoms with van der Waals surface area (Å²) in [6.07, 6.45) is 2.57. The predicted octanol–water partition coefficient (Wildman–Crippen LogP) is 1.18. The van der Waals surface area contributed by atoms with Crippen molar-refractivity contribution in [2.24, 2.45) is 5.92 Å². The van der Waals surface area contributed by atoms with Gasteiger partial charge < -0.3 is 10.6 Å². The van der Waals surface area contributed by atoms with Crippen LogP contribution in [0.25, 0.3) is 0 Å². The van der Waals surface area contributed by atoms with E-state index in [4.69, 9.17) is 0 Å². The van der Waals surface area contributed by atoms with E-state index in [1.165, 1.54) is 18.4 Å². The van der Waals surface area contributed by atoms with E-state index < -0.39 is 0 Å². The number of hydrogen-bond donors (Lipinski definition) is 2. The lowest BCUT2D eigenvalue weighted by atomic mass is 10.0. The minimum Gasteiger partial charge on any atom is -0.314 e. The molecule has 2 nitrogen and oxygen atoms in total. The Bertz CT molecular complexity index is 328. The molecule has 80 valence electrons. The highest BCUT2D eigenvalue weighted by atomic mass is 15.1. The Morgan fingerprint density at radius 3 is 2.80 bits per heavy atom. The van der Waals surface area contributed by atoms with Crippen LogP contribution in [-0.4, -0.2) is 25.2 Å². The molecule has 1 saturated heterocycles. The van der Waals surface area contributed by atoms with Gasteiger partial charge in [-0.15, -0.1) is 0 Å². The maximum atomic E-state index is 3.68. The SMILES string of the molecule is c1ccc(CC2CC23CNCCN3)cc1. The fourth-order valence-corrected chi connectivity index (χ4v) is 2.75. The molecule has 15 heavy (non-hydrogen) atoms. The molecule has 3 rings (SSSR count). The van der Waals surface area contributed by atoms with Crippen molar-refractivity contribution < 1.29 is 0 Å². The van der Waals surface area contributed by atoms with E-state index in [1.807, 2.05) is 0 Å². The molecule has 2 N–H and O–H groups in total. The van der Waals surface area contributed by atoms with Crippen molar-refractivity contribution in [1.29, 1.82) is 0 Å². The van der Waals surface area contributed by atoms with Crippen LogP contribution < -0.4 is 10.6 Å². The Balaban J connectivity index is 1.63. The first-order valence-corrected chi connectivity index (χ1v) is 5.89. The summed E-state index contributed by atoms with van der Waals surface area (Å²) in [6.45, 7) is 3.41. The molecule has 0 amide bonds. The summed E-state index contributed by atoms with van der Waals surface area (Å²) in [5.41, 5.74) is 1.92. The van der Waals surface area contributed by atoms with Gasteiger partial charge in [-0.2, -0.15) is 0 Å². The summed E-state index contributed by atoms with van der Waals surface area (Å²) >= 11 is 0. The summed E-state index contributed by atoms with van der Waals surface area (Å²) in [5.74, 6) is 0.840. The van der Waals surface area contributed by atoms with Gasteiger partial charge in [0.1, 0.15) is 0 Å². The van der Waals surface area contributed by atoms with Gasteiger partial charge in [-0.05, 0) is 24.3 Å². The van der Waals surface area contributed by atoms with E-state index in [0.717, 1.165) is 25.6 Å². The summed E-state index contributed by atoms with van der Waals surface area (Å²) in [4.78, 5) is 0. The molecule has 2 atom stereocenters. The first kappa shape index (κ1) is 9.37. The number of benzene rings is 1. The van der Waals surface area contributed by atoms with E-state index in [1.54, 1.807) is 0 Å². The molecule has 0 aromatic heterocycles. The molecule has 1 aliphatic heterocycles. The van der Waals surface area contributed by atoms with Crippen LogP contribution in [0.3, 0.4) is 0 Å². The normalized spacial score (nSPS) is 34.3. The summed E-state index contributed by atoms with van der Waals surface area (Å²) < 4.78 is 0. The monoisotopic (exact) mass is 202 g/mol. The van der Waals surface area contributed by atoms with Crippen molar-refractivity contribution in [1.82, 2.24) is 10.6 Å². The van der Waals surface area contributed by atoms with Crippen molar-refractivity contribution in [3.63, 3.8) is 0 Å². The quantitative estimate of drug-likeness (QED) is 0.752. The Hall–Kier alpha value is -0.860. The lowest BCUT2D eigenvalue weighted by Crippen LogP contribution is -2.51. The second kappa shape index (κ2) is 3.62. The van der Waals surface area contributed by atoms with Crippen LogP contribution in [0.15, 0.2) is 30.3 Å². The van der Waals surface area contributed by atoms with E-state index in [2.05, 4.69) is 41.0 Å². The molecule has 1 spiro atoms. The summed E-state index contributed by atoms with van der Waals surface area (Å²) in [5, 5.41) is 7.17. The van der Waals surface area contributed by atoms with Gasteiger partial charge in [0, 0.05) is 25.2 Å². The molecule has 2 fully saturated rings. The van der Waals surface area contributed by atoms with Crippen molar-refractivity contribution >= 4 is 0 Å². The molecule has 2 heteroatoms. The zero-order valence-corrected chi connectivity index (χ0v) is 9.00. The van der Waals surface area contributed by atoms with Crippen LogP contribution >= 0.6 is 0 Å². The largest absolute Gasteiger partial charge is 0.314 e. The summed E-state index contributed by atoms with van der Waals surface area (Å²) in [7, 11) is 0. The van der Waals surface area contributed by atoms with Crippen LogP contribution in [0.5, 0.6) is 0 Å². The molecule has 1 heterocycles. The molecular weight excluding hydrogens is 184 g/mol. The molecule has 2 unspecified atom stereocenters. The molecule has 0 bridgehead atoms. The lowest BCUT2D eigenvalue weighted by molar-refractivity contribution is 0.375. The molecule has 1 aromatic rings. The molecular formula is C13H18N2. The minimum atomic E-state index is 0.439. The third-order valence-corrected chi connectivity index (χ3v) is 3.78. The van der Waals surface area contributed by atoms with Gasteiger partial charge in [0.25, 0.3) is 0 Å². The van der Waals surface area contributed by atoms with Gasteiger partial charge in [0.05, 0.1) is 0 Å². The Kier molecular flexibility index (Phi) is 2.26. The molecule has 1 aromatic carbocycles. The van der Waals surface area contributed by atoms with Gasteiger partial charge in [-0.3, -0.25) is 0 Å². The zero-order valence-electron chi connectivity index (χ0n) is 9.00. The highest BCUT2D eigenvalue weighted by Gasteiger charge is 2.53. The first-order valence-electron chi connectivity index (χ1n) is 5.89. The van der Waals surface area contributed by atoms with Gasteiger partial charge in [-0.1, -0.05) is 30.3 Å². The molecule has 0 radical (unpaired) electrons. The highest BCUT2D eigenvalue weighted by molar-refractivity contribution is 5.22. The van der Waals surface area contributed by atoms with Gasteiger partial charge >= 0.3 is 0 Å². The maximum Gasteiger partial charge on any atom is 0.0342 e. The number of nitrogens with one attached hydrogen (secondary N) is 2. The van der Waals surface area contributed by atoms with Crippen molar-refractivity contribution in [2.45, 2.75) is 18.4 Å². The average molecular weight is 202 g/mol. The van der Waals surface area contributed by atoms with Crippen LogP contribution in [0.1, 0.15) is 12.0 Å². The third-order valence-electron chi connectivity index (χ3n) is 3.78. The van der Waals surface area contributed by atoms with Crippen LogP contribution in [0.4, 0.5) is 0 Å². The predicted molar refractivity (Wildman–Crippen MR) is 61.9 cm³/mol. The summed E-state index contributed by atoms with van der Waals surface area (Å²) in [6, 6.07) is 10.8. The standard InChI is InChI=1S/C13H18N2/c1-2-4-11(5-3-1)8-12-9-13(12)10-14-6-7-15-13/h1-5,12,14-15H,6-10H2. The topological polar surface area (TPSA) is 24.1 Å². The third kappa shape index (κ3) is 1.80. The molecule has 2 aliphatic rings. The van der Waals surface area contributed by atoms with Crippen LogP contribution in [0, 0.1) is 5.92 Å². The first-order chi connectivity index (χ1) is 7.39. The second-order valence-corrected chi connectivity index (χ2v) is 4.85.